The molecule has 0 amide bonds. The zero-order valence-corrected chi connectivity index (χ0v) is 12.6. The Morgan fingerprint density at radius 2 is 2.00 bits per heavy atom. The molecule has 1 aromatic carbocycles. The lowest BCUT2D eigenvalue weighted by atomic mass is 10.1. The van der Waals surface area contributed by atoms with Crippen LogP contribution in [0.1, 0.15) is 19.4 Å². The third kappa shape index (κ3) is 3.46. The van der Waals surface area contributed by atoms with E-state index in [1.54, 1.807) is 19.5 Å². The van der Waals surface area contributed by atoms with Crippen molar-refractivity contribution < 1.29 is 4.74 Å². The average molecular weight is 292 g/mol. The highest BCUT2D eigenvalue weighted by atomic mass is 35.5. The van der Waals surface area contributed by atoms with E-state index in [1.807, 2.05) is 18.2 Å². The van der Waals surface area contributed by atoms with Crippen LogP contribution in [-0.2, 0) is 6.54 Å². The molecule has 0 aliphatic rings. The lowest BCUT2D eigenvalue weighted by Gasteiger charge is -2.11. The summed E-state index contributed by atoms with van der Waals surface area (Å²) in [6.45, 7) is 5.01. The van der Waals surface area contributed by atoms with Gasteiger partial charge in [0.25, 0.3) is 0 Å². The molecule has 2 rings (SSSR count). The Bertz CT molecular complexity index is 587. The fourth-order valence-electron chi connectivity index (χ4n) is 1.84. The first kappa shape index (κ1) is 14.8. The van der Waals surface area contributed by atoms with Crippen molar-refractivity contribution in [3.8, 4) is 17.1 Å². The SMILES string of the molecule is COc1nccnc1-c1ccc(CNC(C)C)cc1Cl. The monoisotopic (exact) mass is 291 g/mol. The summed E-state index contributed by atoms with van der Waals surface area (Å²) in [4.78, 5) is 8.44. The van der Waals surface area contributed by atoms with Crippen molar-refractivity contribution >= 4 is 11.6 Å². The molecule has 0 aliphatic carbocycles. The van der Waals surface area contributed by atoms with E-state index in [0.29, 0.717) is 22.6 Å². The van der Waals surface area contributed by atoms with E-state index >= 15 is 0 Å². The average Bonchev–Trinajstić information content (AvgIpc) is 2.45. The van der Waals surface area contributed by atoms with Crippen molar-refractivity contribution in [1.29, 1.82) is 0 Å². The summed E-state index contributed by atoms with van der Waals surface area (Å²) >= 11 is 6.36. The molecule has 0 bridgehead atoms. The fourth-order valence-corrected chi connectivity index (χ4v) is 2.13. The molecule has 2 aromatic rings. The molecule has 20 heavy (non-hydrogen) atoms. The van der Waals surface area contributed by atoms with Gasteiger partial charge in [-0.1, -0.05) is 37.6 Å². The molecule has 0 unspecified atom stereocenters. The molecular formula is C15H18ClN3O. The zero-order valence-electron chi connectivity index (χ0n) is 11.9. The minimum Gasteiger partial charge on any atom is -0.479 e. The van der Waals surface area contributed by atoms with Gasteiger partial charge < -0.3 is 10.1 Å². The summed E-state index contributed by atoms with van der Waals surface area (Å²) in [7, 11) is 1.57. The Morgan fingerprint density at radius 1 is 1.25 bits per heavy atom. The maximum absolute atomic E-state index is 6.36. The van der Waals surface area contributed by atoms with Crippen LogP contribution in [0.3, 0.4) is 0 Å². The van der Waals surface area contributed by atoms with Crippen LogP contribution in [0.5, 0.6) is 5.88 Å². The predicted octanol–water partition coefficient (Wildman–Crippen LogP) is 3.30. The Labute approximate surface area is 124 Å². The number of aromatic nitrogens is 2. The van der Waals surface area contributed by atoms with E-state index < -0.39 is 0 Å². The van der Waals surface area contributed by atoms with Gasteiger partial charge in [-0.25, -0.2) is 9.97 Å². The fraction of sp³-hybridized carbons (Fsp3) is 0.333. The summed E-state index contributed by atoms with van der Waals surface area (Å²) in [5.74, 6) is 0.474. The molecule has 5 heteroatoms. The molecule has 0 aliphatic heterocycles. The first-order chi connectivity index (χ1) is 9.61. The summed E-state index contributed by atoms with van der Waals surface area (Å²) in [6.07, 6.45) is 3.22. The second kappa shape index (κ2) is 6.68. The van der Waals surface area contributed by atoms with Crippen LogP contribution >= 0.6 is 11.6 Å². The van der Waals surface area contributed by atoms with Gasteiger partial charge in [-0.05, 0) is 11.6 Å². The van der Waals surface area contributed by atoms with Gasteiger partial charge in [0.15, 0.2) is 0 Å². The van der Waals surface area contributed by atoms with E-state index in [2.05, 4.69) is 29.1 Å². The molecule has 0 saturated heterocycles. The second-order valence-corrected chi connectivity index (χ2v) is 5.17. The van der Waals surface area contributed by atoms with E-state index in [1.165, 1.54) is 0 Å². The lowest BCUT2D eigenvalue weighted by molar-refractivity contribution is 0.398. The first-order valence-electron chi connectivity index (χ1n) is 6.49. The van der Waals surface area contributed by atoms with Crippen LogP contribution in [0.4, 0.5) is 0 Å². The minimum absolute atomic E-state index is 0.438. The largest absolute Gasteiger partial charge is 0.479 e. The normalized spacial score (nSPS) is 10.8. The highest BCUT2D eigenvalue weighted by Crippen LogP contribution is 2.32. The third-order valence-corrected chi connectivity index (χ3v) is 3.17. The van der Waals surface area contributed by atoms with E-state index in [4.69, 9.17) is 16.3 Å². The molecule has 0 radical (unpaired) electrons. The number of rotatable bonds is 5. The molecule has 0 atom stereocenters. The molecule has 0 fully saturated rings. The first-order valence-corrected chi connectivity index (χ1v) is 6.86. The molecule has 0 spiro atoms. The predicted molar refractivity (Wildman–Crippen MR) is 81.0 cm³/mol. The molecule has 1 heterocycles. The van der Waals surface area contributed by atoms with Crippen molar-refractivity contribution in [3.63, 3.8) is 0 Å². The number of hydrogen-bond donors (Lipinski definition) is 1. The van der Waals surface area contributed by atoms with E-state index in [0.717, 1.165) is 17.7 Å². The smallest absolute Gasteiger partial charge is 0.240 e. The van der Waals surface area contributed by atoms with Gasteiger partial charge in [0.2, 0.25) is 5.88 Å². The highest BCUT2D eigenvalue weighted by Gasteiger charge is 2.12. The van der Waals surface area contributed by atoms with Crippen LogP contribution in [0, 0.1) is 0 Å². The minimum atomic E-state index is 0.438. The Balaban J connectivity index is 2.30. The van der Waals surface area contributed by atoms with Crippen LogP contribution in [0.2, 0.25) is 5.02 Å². The van der Waals surface area contributed by atoms with Crippen LogP contribution < -0.4 is 10.1 Å². The van der Waals surface area contributed by atoms with Crippen molar-refractivity contribution in [2.45, 2.75) is 26.4 Å². The second-order valence-electron chi connectivity index (χ2n) is 4.76. The number of nitrogens with one attached hydrogen (secondary N) is 1. The van der Waals surface area contributed by atoms with E-state index in [9.17, 15) is 0 Å². The number of nitrogens with zero attached hydrogens (tertiary/aromatic N) is 2. The molecule has 106 valence electrons. The van der Waals surface area contributed by atoms with Gasteiger partial charge in [0.05, 0.1) is 12.1 Å². The summed E-state index contributed by atoms with van der Waals surface area (Å²) in [6, 6.07) is 6.37. The summed E-state index contributed by atoms with van der Waals surface area (Å²) in [5.41, 5.74) is 2.61. The Morgan fingerprint density at radius 3 is 2.65 bits per heavy atom. The van der Waals surface area contributed by atoms with Gasteiger partial charge in [-0.15, -0.1) is 0 Å². The quantitative estimate of drug-likeness (QED) is 0.918. The number of halogens is 1. The number of hydrogen-bond acceptors (Lipinski definition) is 4. The van der Waals surface area contributed by atoms with Gasteiger partial charge in [0.1, 0.15) is 5.69 Å². The van der Waals surface area contributed by atoms with Crippen LogP contribution in [-0.4, -0.2) is 23.1 Å². The molecule has 4 nitrogen and oxygen atoms in total. The molecule has 1 N–H and O–H groups in total. The van der Waals surface area contributed by atoms with Crippen LogP contribution in [0.15, 0.2) is 30.6 Å². The van der Waals surface area contributed by atoms with Crippen molar-refractivity contribution in [3.05, 3.63) is 41.2 Å². The highest BCUT2D eigenvalue weighted by molar-refractivity contribution is 6.33. The number of benzene rings is 1. The lowest BCUT2D eigenvalue weighted by Crippen LogP contribution is -2.21. The molecule has 0 saturated carbocycles. The van der Waals surface area contributed by atoms with Crippen molar-refractivity contribution in [1.82, 2.24) is 15.3 Å². The van der Waals surface area contributed by atoms with E-state index in [-0.39, 0.29) is 0 Å². The number of methoxy groups -OCH3 is 1. The number of ether oxygens (including phenoxy) is 1. The summed E-state index contributed by atoms with van der Waals surface area (Å²) < 4.78 is 5.22. The van der Waals surface area contributed by atoms with Gasteiger partial charge in [-0.2, -0.15) is 0 Å². The van der Waals surface area contributed by atoms with Crippen molar-refractivity contribution in [2.75, 3.05) is 7.11 Å². The Kier molecular flexibility index (Phi) is 4.93. The van der Waals surface area contributed by atoms with Gasteiger partial charge in [-0.3, -0.25) is 0 Å². The van der Waals surface area contributed by atoms with Gasteiger partial charge in [0, 0.05) is 30.5 Å². The maximum atomic E-state index is 6.36. The standard InChI is InChI=1S/C15H18ClN3O/c1-10(2)19-9-11-4-5-12(13(16)8-11)14-15(20-3)18-7-6-17-14/h4-8,10,19H,9H2,1-3H3. The topological polar surface area (TPSA) is 47.0 Å². The molecule has 1 aromatic heterocycles. The zero-order chi connectivity index (χ0) is 14.5. The Hall–Kier alpha value is -1.65. The van der Waals surface area contributed by atoms with Crippen LogP contribution in [0.25, 0.3) is 11.3 Å². The third-order valence-electron chi connectivity index (χ3n) is 2.86. The maximum Gasteiger partial charge on any atom is 0.240 e. The molecular weight excluding hydrogens is 274 g/mol. The van der Waals surface area contributed by atoms with Gasteiger partial charge >= 0.3 is 0 Å². The summed E-state index contributed by atoms with van der Waals surface area (Å²) in [5, 5.41) is 4.00. The van der Waals surface area contributed by atoms with Crippen molar-refractivity contribution in [2.24, 2.45) is 0 Å².